The third-order valence-electron chi connectivity index (χ3n) is 8.50. The lowest BCUT2D eigenvalue weighted by molar-refractivity contribution is 0.425. The zero-order valence-electron chi connectivity index (χ0n) is 31.6. The molecule has 5 rings (SSSR count). The van der Waals surface area contributed by atoms with Crippen LogP contribution in [-0.2, 0) is 5.41 Å². The molecule has 1 nitrogen and oxygen atoms in total. The van der Waals surface area contributed by atoms with E-state index in [0.29, 0.717) is 5.66 Å². The molecule has 0 radical (unpaired) electrons. The van der Waals surface area contributed by atoms with Gasteiger partial charge in [-0.2, -0.15) is 0 Å². The highest BCUT2D eigenvalue weighted by Crippen LogP contribution is 2.56. The van der Waals surface area contributed by atoms with E-state index in [1.165, 1.54) is 37.7 Å². The molecule has 4 aromatic carbocycles. The molecule has 1 aliphatic heterocycles. The van der Waals surface area contributed by atoms with Gasteiger partial charge >= 0.3 is 0 Å². The predicted octanol–water partition coefficient (Wildman–Crippen LogP) is 12.8. The molecule has 0 saturated heterocycles. The highest BCUT2D eigenvalue weighted by Gasteiger charge is 2.39. The van der Waals surface area contributed by atoms with Crippen molar-refractivity contribution in [3.63, 3.8) is 0 Å². The first-order chi connectivity index (χ1) is 23.9. The Hall–Kier alpha value is -3.50. The van der Waals surface area contributed by atoms with E-state index in [9.17, 15) is 0 Å². The second-order valence-corrected chi connectivity index (χ2v) is 16.6. The number of para-hydroxylation sites is 2. The Morgan fingerprint density at radius 3 is 1.73 bits per heavy atom. The fourth-order valence-corrected chi connectivity index (χ4v) is 11.2. The van der Waals surface area contributed by atoms with Crippen LogP contribution in [0, 0.1) is 0 Å². The van der Waals surface area contributed by atoms with E-state index in [-0.39, 0.29) is 5.41 Å². The Bertz CT molecular complexity index is 1660. The maximum absolute atomic E-state index is 7.32. The van der Waals surface area contributed by atoms with Gasteiger partial charge in [-0.3, -0.25) is 0 Å². The molecule has 0 N–H and O–H groups in total. The van der Waals surface area contributed by atoms with Crippen molar-refractivity contribution < 1.29 is 4.74 Å². The van der Waals surface area contributed by atoms with Crippen molar-refractivity contribution in [2.75, 3.05) is 0 Å². The predicted molar refractivity (Wildman–Crippen MR) is 224 cm³/mol. The van der Waals surface area contributed by atoms with Gasteiger partial charge < -0.3 is 4.74 Å². The monoisotopic (exact) mass is 688 g/mol. The summed E-state index contributed by atoms with van der Waals surface area (Å²) in [6, 6.07) is 35.6. The van der Waals surface area contributed by atoms with E-state index < -0.39 is 15.8 Å². The molecule has 0 saturated carbocycles. The first-order valence-electron chi connectivity index (χ1n) is 18.2. The van der Waals surface area contributed by atoms with Gasteiger partial charge in [-0.1, -0.05) is 195 Å². The summed E-state index contributed by atoms with van der Waals surface area (Å²) < 4.78 is 7.32. The lowest BCUT2D eigenvalue weighted by atomic mass is 9.76. The summed E-state index contributed by atoms with van der Waals surface area (Å²) in [7, 11) is -1.55. The van der Waals surface area contributed by atoms with Crippen molar-refractivity contribution in [2.45, 2.75) is 93.2 Å². The largest absolute Gasteiger partial charge is 0.455 e. The van der Waals surface area contributed by atoms with Gasteiger partial charge in [0.15, 0.2) is 0 Å². The van der Waals surface area contributed by atoms with Gasteiger partial charge in [0.1, 0.15) is 11.5 Å². The van der Waals surface area contributed by atoms with Crippen LogP contribution in [0.4, 0.5) is 0 Å². The fourth-order valence-electron chi connectivity index (χ4n) is 6.17. The van der Waals surface area contributed by atoms with Crippen molar-refractivity contribution in [2.24, 2.45) is 0 Å². The van der Waals surface area contributed by atoms with Crippen LogP contribution in [-0.4, -0.2) is 5.66 Å². The standard InChI is InChI=1S/C42H46OP2.2C2H6/c1-7-10-12-15-22-32(4)44(33(9-3)23-11-8-2)38-30-20-28-36-40(38)43-41-37(42(36,5)6)29-21-31-39(41)45(34-24-16-13-17-25-34)35-26-18-14-19-27-35;2*1-2/h7,9-11,13-32H,8,12H2,1-6H3;2*1-2H3/b10-7-,22-15-,23-11-,33-9+;;. The molecule has 0 spiro atoms. The van der Waals surface area contributed by atoms with Crippen molar-refractivity contribution in [1.82, 2.24) is 0 Å². The van der Waals surface area contributed by atoms with E-state index in [1.54, 1.807) is 0 Å². The second-order valence-electron chi connectivity index (χ2n) is 11.9. The molecule has 2 unspecified atom stereocenters. The number of allylic oxidation sites excluding steroid dienone is 8. The van der Waals surface area contributed by atoms with Crippen LogP contribution in [0.3, 0.4) is 0 Å². The Balaban J connectivity index is 0.00000157. The van der Waals surface area contributed by atoms with E-state index in [1.807, 2.05) is 27.7 Å². The molecule has 3 heteroatoms. The minimum atomic E-state index is -0.824. The first kappa shape index (κ1) is 39.9. The van der Waals surface area contributed by atoms with Crippen LogP contribution >= 0.6 is 15.8 Å². The number of hydrogen-bond donors (Lipinski definition) is 0. The quantitative estimate of drug-likeness (QED) is 0.0866. The normalized spacial score (nSPS) is 14.7. The summed E-state index contributed by atoms with van der Waals surface area (Å²) in [5.74, 6) is 2.07. The smallest absolute Gasteiger partial charge is 0.139 e. The lowest BCUT2D eigenvalue weighted by Gasteiger charge is -2.39. The van der Waals surface area contributed by atoms with Crippen LogP contribution in [0.2, 0.25) is 0 Å². The van der Waals surface area contributed by atoms with Gasteiger partial charge in [0.05, 0.1) is 0 Å². The van der Waals surface area contributed by atoms with Crippen LogP contribution in [0.5, 0.6) is 11.5 Å². The van der Waals surface area contributed by atoms with E-state index >= 15 is 0 Å². The summed E-state index contributed by atoms with van der Waals surface area (Å²) in [4.78, 5) is 0. The zero-order chi connectivity index (χ0) is 35.8. The van der Waals surface area contributed by atoms with Crippen molar-refractivity contribution in [3.05, 3.63) is 156 Å². The molecule has 4 aromatic rings. The number of rotatable bonds is 11. The van der Waals surface area contributed by atoms with Crippen molar-refractivity contribution >= 4 is 37.1 Å². The average molecular weight is 689 g/mol. The molecule has 0 amide bonds. The average Bonchev–Trinajstić information content (AvgIpc) is 3.15. The maximum Gasteiger partial charge on any atom is 0.139 e. The van der Waals surface area contributed by atoms with E-state index in [4.69, 9.17) is 4.74 Å². The van der Waals surface area contributed by atoms with Gasteiger partial charge in [0, 0.05) is 32.8 Å². The zero-order valence-corrected chi connectivity index (χ0v) is 33.4. The third-order valence-corrected chi connectivity index (χ3v) is 13.8. The highest BCUT2D eigenvalue weighted by molar-refractivity contribution is 7.80. The van der Waals surface area contributed by atoms with Gasteiger partial charge in [0.2, 0.25) is 0 Å². The number of hydrogen-bond acceptors (Lipinski definition) is 1. The summed E-state index contributed by atoms with van der Waals surface area (Å²) >= 11 is 0. The Kier molecular flexibility index (Phi) is 16.5. The minimum absolute atomic E-state index is 0.218. The van der Waals surface area contributed by atoms with Crippen LogP contribution in [0.15, 0.2) is 145 Å². The van der Waals surface area contributed by atoms with Crippen molar-refractivity contribution in [1.29, 1.82) is 0 Å². The lowest BCUT2D eigenvalue weighted by Crippen LogP contribution is -2.32. The summed E-state index contributed by atoms with van der Waals surface area (Å²) in [5.41, 5.74) is 2.65. The van der Waals surface area contributed by atoms with Crippen molar-refractivity contribution in [3.8, 4) is 11.5 Å². The molecule has 0 bridgehead atoms. The molecule has 0 aromatic heterocycles. The van der Waals surface area contributed by atoms with Gasteiger partial charge in [-0.15, -0.1) is 0 Å². The Labute approximate surface area is 301 Å². The minimum Gasteiger partial charge on any atom is -0.455 e. The van der Waals surface area contributed by atoms with E-state index in [0.717, 1.165) is 24.3 Å². The van der Waals surface area contributed by atoms with Gasteiger partial charge in [-0.05, 0) is 58.5 Å². The van der Waals surface area contributed by atoms with E-state index in [2.05, 4.69) is 181 Å². The summed E-state index contributed by atoms with van der Waals surface area (Å²) in [5, 5.41) is 6.64. The molecule has 2 atom stereocenters. The molecule has 0 fully saturated rings. The SMILES string of the molecule is C/C=C\C/C=C\C(C)P(C(/C=C\CC)=C/C)c1cccc2c1Oc1c(P(c3ccccc3)c3ccccc3)cccc1C2(C)C.CC.CC. The van der Waals surface area contributed by atoms with Crippen LogP contribution in [0.25, 0.3) is 0 Å². The number of fused-ring (bicyclic) bond motifs is 2. The summed E-state index contributed by atoms with van der Waals surface area (Å²) in [6.07, 6.45) is 18.0. The van der Waals surface area contributed by atoms with Crippen LogP contribution < -0.4 is 26.0 Å². The maximum atomic E-state index is 7.32. The van der Waals surface area contributed by atoms with Crippen LogP contribution in [0.1, 0.15) is 93.2 Å². The number of benzene rings is 4. The Morgan fingerprint density at radius 2 is 1.22 bits per heavy atom. The molecule has 1 aliphatic rings. The van der Waals surface area contributed by atoms with Gasteiger partial charge in [0.25, 0.3) is 0 Å². The number of ether oxygens (including phenoxy) is 1. The molecule has 258 valence electrons. The molecular weight excluding hydrogens is 630 g/mol. The highest BCUT2D eigenvalue weighted by atomic mass is 31.1. The van der Waals surface area contributed by atoms with Gasteiger partial charge in [-0.25, -0.2) is 0 Å². The topological polar surface area (TPSA) is 9.23 Å². The molecule has 1 heterocycles. The summed E-state index contributed by atoms with van der Waals surface area (Å²) in [6.45, 7) is 21.6. The first-order valence-corrected chi connectivity index (χ1v) is 20.9. The molecule has 0 aliphatic carbocycles. The third kappa shape index (κ3) is 9.39. The Morgan fingerprint density at radius 1 is 0.694 bits per heavy atom. The molecule has 49 heavy (non-hydrogen) atoms. The molecular formula is C46H58OP2. The second kappa shape index (κ2) is 20.2. The fraction of sp³-hybridized carbons (Fsp3) is 0.304.